The number of thiazole rings is 1. The van der Waals surface area contributed by atoms with E-state index in [0.29, 0.717) is 28.8 Å². The van der Waals surface area contributed by atoms with Crippen LogP contribution in [0.3, 0.4) is 0 Å². The summed E-state index contributed by atoms with van der Waals surface area (Å²) < 4.78 is 15.9. The summed E-state index contributed by atoms with van der Waals surface area (Å²) >= 11 is 1.40. The maximum absolute atomic E-state index is 12.6. The number of amides is 1. The Bertz CT molecular complexity index is 1090. The van der Waals surface area contributed by atoms with Gasteiger partial charge in [-0.25, -0.2) is 4.98 Å². The van der Waals surface area contributed by atoms with Crippen molar-refractivity contribution in [2.45, 2.75) is 26.7 Å². The predicted molar refractivity (Wildman–Crippen MR) is 125 cm³/mol. The molecule has 168 valence electrons. The van der Waals surface area contributed by atoms with Gasteiger partial charge in [0, 0.05) is 23.3 Å². The van der Waals surface area contributed by atoms with Gasteiger partial charge in [-0.1, -0.05) is 0 Å². The molecule has 7 nitrogen and oxygen atoms in total. The molecule has 1 heterocycles. The second kappa shape index (κ2) is 10.8. The second-order valence-corrected chi connectivity index (χ2v) is 8.12. The Kier molecular flexibility index (Phi) is 7.83. The van der Waals surface area contributed by atoms with Crippen LogP contribution in [0.1, 0.15) is 35.0 Å². The fourth-order valence-corrected chi connectivity index (χ4v) is 4.02. The van der Waals surface area contributed by atoms with Crippen molar-refractivity contribution in [1.82, 2.24) is 4.98 Å². The number of anilines is 1. The number of Topliss-reactive ketones (excluding diaryl/α,β-unsaturated/α-hetero) is 1. The van der Waals surface area contributed by atoms with E-state index in [9.17, 15) is 9.59 Å². The number of hydrogen-bond acceptors (Lipinski definition) is 7. The van der Waals surface area contributed by atoms with Gasteiger partial charge < -0.3 is 19.5 Å². The van der Waals surface area contributed by atoms with Crippen molar-refractivity contribution < 1.29 is 23.8 Å². The number of aromatic nitrogens is 1. The number of benzene rings is 2. The molecule has 0 atom stereocenters. The first-order valence-electron chi connectivity index (χ1n) is 10.2. The molecule has 32 heavy (non-hydrogen) atoms. The molecule has 0 aliphatic rings. The quantitative estimate of drug-likeness (QED) is 0.427. The topological polar surface area (TPSA) is 86.8 Å². The molecule has 0 bridgehead atoms. The average molecular weight is 455 g/mol. The summed E-state index contributed by atoms with van der Waals surface area (Å²) in [6, 6.07) is 12.7. The first kappa shape index (κ1) is 23.3. The largest absolute Gasteiger partial charge is 0.497 e. The average Bonchev–Trinajstić information content (AvgIpc) is 3.17. The van der Waals surface area contributed by atoms with Gasteiger partial charge in [0.05, 0.1) is 32.1 Å². The van der Waals surface area contributed by atoms with Gasteiger partial charge in [-0.05, 0) is 56.3 Å². The van der Waals surface area contributed by atoms with Crippen molar-refractivity contribution in [3.8, 4) is 28.5 Å². The number of carbonyl (C=O) groups is 2. The summed E-state index contributed by atoms with van der Waals surface area (Å²) in [5.74, 6) is 1.34. The Balaban J connectivity index is 1.62. The van der Waals surface area contributed by atoms with Gasteiger partial charge in [0.1, 0.15) is 17.2 Å². The highest BCUT2D eigenvalue weighted by Crippen LogP contribution is 2.31. The zero-order valence-corrected chi connectivity index (χ0v) is 19.4. The summed E-state index contributed by atoms with van der Waals surface area (Å²) in [4.78, 5) is 30.6. The number of methoxy groups -OCH3 is 2. The van der Waals surface area contributed by atoms with Gasteiger partial charge in [0.2, 0.25) is 5.91 Å². The molecule has 0 unspecified atom stereocenters. The Morgan fingerprint density at radius 1 is 1.00 bits per heavy atom. The van der Waals surface area contributed by atoms with E-state index in [2.05, 4.69) is 10.3 Å². The van der Waals surface area contributed by atoms with Gasteiger partial charge in [-0.3, -0.25) is 9.59 Å². The molecular weight excluding hydrogens is 428 g/mol. The highest BCUT2D eigenvalue weighted by atomic mass is 32.1. The van der Waals surface area contributed by atoms with E-state index in [1.165, 1.54) is 25.6 Å². The third kappa shape index (κ3) is 5.64. The van der Waals surface area contributed by atoms with Crippen molar-refractivity contribution in [3.63, 3.8) is 0 Å². The Labute approximate surface area is 191 Å². The molecule has 2 aromatic carbocycles. The number of ether oxygens (including phenoxy) is 3. The number of nitrogens with zero attached hydrogens (tertiary/aromatic N) is 1. The van der Waals surface area contributed by atoms with Crippen LogP contribution in [0.25, 0.3) is 11.3 Å². The van der Waals surface area contributed by atoms with E-state index >= 15 is 0 Å². The van der Waals surface area contributed by atoms with Gasteiger partial charge in [-0.15, -0.1) is 11.3 Å². The highest BCUT2D eigenvalue weighted by Gasteiger charge is 2.17. The lowest BCUT2D eigenvalue weighted by Gasteiger charge is -2.09. The molecule has 0 saturated carbocycles. The molecule has 3 aromatic rings. The van der Waals surface area contributed by atoms with E-state index in [1.807, 2.05) is 38.1 Å². The Morgan fingerprint density at radius 3 is 2.38 bits per heavy atom. The number of aryl methyl sites for hydroxylation is 1. The molecular formula is C24H26N2O5S. The molecule has 1 aromatic heterocycles. The fraction of sp³-hybridized carbons (Fsp3) is 0.292. The second-order valence-electron chi connectivity index (χ2n) is 6.92. The monoisotopic (exact) mass is 454 g/mol. The first-order valence-corrected chi connectivity index (χ1v) is 11.0. The highest BCUT2D eigenvalue weighted by molar-refractivity contribution is 7.16. The lowest BCUT2D eigenvalue weighted by Crippen LogP contribution is -2.13. The normalized spacial score (nSPS) is 10.5. The van der Waals surface area contributed by atoms with Crippen molar-refractivity contribution >= 4 is 28.2 Å². The molecule has 0 radical (unpaired) electrons. The zero-order valence-electron chi connectivity index (χ0n) is 18.6. The van der Waals surface area contributed by atoms with Gasteiger partial charge in [0.15, 0.2) is 10.9 Å². The Hall–Kier alpha value is -3.39. The van der Waals surface area contributed by atoms with Crippen molar-refractivity contribution in [1.29, 1.82) is 0 Å². The van der Waals surface area contributed by atoms with Crippen LogP contribution in [0, 0.1) is 6.92 Å². The van der Waals surface area contributed by atoms with Crippen LogP contribution in [0.15, 0.2) is 42.5 Å². The lowest BCUT2D eigenvalue weighted by atomic mass is 10.0. The number of rotatable bonds is 10. The van der Waals surface area contributed by atoms with Crippen LogP contribution in [0.5, 0.6) is 17.2 Å². The predicted octanol–water partition coefficient (Wildman–Crippen LogP) is 5.14. The van der Waals surface area contributed by atoms with E-state index < -0.39 is 0 Å². The maximum Gasteiger partial charge on any atom is 0.226 e. The van der Waals surface area contributed by atoms with Crippen LogP contribution in [0.2, 0.25) is 0 Å². The SMILES string of the molecule is CCOc1ccc(-c2nc(NC(=O)CCC(=O)c3cc(OC)ccc3OC)sc2C)cc1. The number of hydrogen-bond donors (Lipinski definition) is 1. The van der Waals surface area contributed by atoms with E-state index in [1.54, 1.807) is 18.2 Å². The molecule has 1 amide bonds. The zero-order chi connectivity index (χ0) is 23.1. The van der Waals surface area contributed by atoms with Gasteiger partial charge >= 0.3 is 0 Å². The summed E-state index contributed by atoms with van der Waals surface area (Å²) in [6.07, 6.45) is 0.0850. The summed E-state index contributed by atoms with van der Waals surface area (Å²) in [6.45, 7) is 4.50. The van der Waals surface area contributed by atoms with Crippen LogP contribution in [0.4, 0.5) is 5.13 Å². The smallest absolute Gasteiger partial charge is 0.226 e. The van der Waals surface area contributed by atoms with Gasteiger partial charge in [-0.2, -0.15) is 0 Å². The molecule has 1 N–H and O–H groups in total. The number of carbonyl (C=O) groups excluding carboxylic acids is 2. The number of ketones is 1. The van der Waals surface area contributed by atoms with Crippen LogP contribution >= 0.6 is 11.3 Å². The van der Waals surface area contributed by atoms with Crippen LogP contribution in [-0.2, 0) is 4.79 Å². The van der Waals surface area contributed by atoms with E-state index in [0.717, 1.165) is 21.9 Å². The summed E-state index contributed by atoms with van der Waals surface area (Å²) in [7, 11) is 3.03. The van der Waals surface area contributed by atoms with Crippen LogP contribution in [-0.4, -0.2) is 37.5 Å². The number of nitrogens with one attached hydrogen (secondary N) is 1. The third-order valence-corrected chi connectivity index (χ3v) is 5.65. The molecule has 0 aliphatic carbocycles. The fourth-order valence-electron chi connectivity index (χ4n) is 3.17. The minimum absolute atomic E-state index is 0.0379. The summed E-state index contributed by atoms with van der Waals surface area (Å²) in [5, 5.41) is 3.30. The summed E-state index contributed by atoms with van der Waals surface area (Å²) in [5.41, 5.74) is 2.15. The standard InChI is InChI=1S/C24H26N2O5S/c1-5-31-17-8-6-16(7-9-17)23-15(2)32-24(26-23)25-22(28)13-11-20(27)19-14-18(29-3)10-12-21(19)30-4/h6-10,12,14H,5,11,13H2,1-4H3,(H,25,26,28). The maximum atomic E-state index is 12.6. The Morgan fingerprint density at radius 2 is 1.72 bits per heavy atom. The van der Waals surface area contributed by atoms with E-state index in [-0.39, 0.29) is 24.5 Å². The first-order chi connectivity index (χ1) is 15.4. The van der Waals surface area contributed by atoms with Crippen molar-refractivity contribution in [3.05, 3.63) is 52.9 Å². The third-order valence-electron chi connectivity index (χ3n) is 4.77. The molecule has 3 rings (SSSR count). The van der Waals surface area contributed by atoms with Crippen molar-refractivity contribution in [2.75, 3.05) is 26.1 Å². The van der Waals surface area contributed by atoms with Gasteiger partial charge in [0.25, 0.3) is 0 Å². The lowest BCUT2D eigenvalue weighted by molar-refractivity contribution is -0.116. The van der Waals surface area contributed by atoms with E-state index in [4.69, 9.17) is 14.2 Å². The molecule has 0 aliphatic heterocycles. The van der Waals surface area contributed by atoms with Crippen LogP contribution < -0.4 is 19.5 Å². The minimum Gasteiger partial charge on any atom is -0.497 e. The minimum atomic E-state index is -0.271. The van der Waals surface area contributed by atoms with Crippen molar-refractivity contribution in [2.24, 2.45) is 0 Å². The molecule has 0 fully saturated rings. The molecule has 0 spiro atoms. The molecule has 0 saturated heterocycles. The molecule has 8 heteroatoms.